The van der Waals surface area contributed by atoms with Gasteiger partial charge in [0.15, 0.2) is 17.5 Å². The highest BCUT2D eigenvalue weighted by atomic mass is 19.2. The molecule has 2 atom stereocenters. The van der Waals surface area contributed by atoms with E-state index in [4.69, 9.17) is 0 Å². The minimum Gasteiger partial charge on any atom is -0.236 e. The van der Waals surface area contributed by atoms with Crippen LogP contribution in [0.4, 0.5) is 8.78 Å². The van der Waals surface area contributed by atoms with Gasteiger partial charge in [0.2, 0.25) is 0 Å². The first-order chi connectivity index (χ1) is 11.7. The van der Waals surface area contributed by atoms with E-state index in [2.05, 4.69) is 16.9 Å². The second-order valence-electron chi connectivity index (χ2n) is 6.89. The van der Waals surface area contributed by atoms with Crippen LogP contribution in [0.5, 0.6) is 0 Å². The molecule has 1 fully saturated rings. The Morgan fingerprint density at radius 2 is 1.79 bits per heavy atom. The average molecular weight is 330 g/mol. The molecule has 2 unspecified atom stereocenters. The number of aryl methyl sites for hydroxylation is 1. The molecule has 3 rings (SSSR count). The standard InChI is InChI=1S/C20H24F2N2/c1-2-14-4-3-5-15(10-14)6-7-16-12-23-20(24-13-16)17-8-9-18(21)19(22)11-17/h8-9,11-15H,2-7,10H2,1H3. The minimum atomic E-state index is -0.872. The highest BCUT2D eigenvalue weighted by Gasteiger charge is 2.20. The smallest absolute Gasteiger partial charge is 0.159 e. The van der Waals surface area contributed by atoms with Gasteiger partial charge in [-0.25, -0.2) is 18.7 Å². The zero-order chi connectivity index (χ0) is 16.9. The third-order valence-electron chi connectivity index (χ3n) is 5.19. The molecule has 1 aliphatic rings. The molecular weight excluding hydrogens is 306 g/mol. The lowest BCUT2D eigenvalue weighted by atomic mass is 9.78. The molecule has 0 aliphatic heterocycles. The molecule has 2 aromatic rings. The number of benzene rings is 1. The molecule has 1 aromatic carbocycles. The van der Waals surface area contributed by atoms with Crippen LogP contribution in [0.15, 0.2) is 30.6 Å². The van der Waals surface area contributed by atoms with Crippen molar-refractivity contribution >= 4 is 0 Å². The van der Waals surface area contributed by atoms with Crippen molar-refractivity contribution in [3.8, 4) is 11.4 Å². The Hall–Kier alpha value is -1.84. The van der Waals surface area contributed by atoms with Gasteiger partial charge in [0.1, 0.15) is 0 Å². The van der Waals surface area contributed by atoms with E-state index in [1.165, 1.54) is 44.6 Å². The van der Waals surface area contributed by atoms with Gasteiger partial charge in [0.05, 0.1) is 0 Å². The van der Waals surface area contributed by atoms with Crippen molar-refractivity contribution in [2.45, 2.75) is 51.9 Å². The Morgan fingerprint density at radius 3 is 2.50 bits per heavy atom. The first-order valence-corrected chi connectivity index (χ1v) is 8.92. The molecule has 0 N–H and O–H groups in total. The summed E-state index contributed by atoms with van der Waals surface area (Å²) in [6, 6.07) is 3.74. The van der Waals surface area contributed by atoms with E-state index in [0.29, 0.717) is 11.4 Å². The molecule has 1 heterocycles. The lowest BCUT2D eigenvalue weighted by Crippen LogP contribution is -2.15. The van der Waals surface area contributed by atoms with Crippen molar-refractivity contribution in [2.75, 3.05) is 0 Å². The minimum absolute atomic E-state index is 0.432. The van der Waals surface area contributed by atoms with Crippen LogP contribution in [0.25, 0.3) is 11.4 Å². The molecule has 24 heavy (non-hydrogen) atoms. The first kappa shape index (κ1) is 17.0. The Balaban J connectivity index is 1.59. The van der Waals surface area contributed by atoms with Gasteiger partial charge in [0.25, 0.3) is 0 Å². The lowest BCUT2D eigenvalue weighted by Gasteiger charge is -2.28. The summed E-state index contributed by atoms with van der Waals surface area (Å²) in [5.41, 5.74) is 1.61. The van der Waals surface area contributed by atoms with Crippen LogP contribution in [0.1, 0.15) is 51.0 Å². The molecule has 0 radical (unpaired) electrons. The molecule has 0 bridgehead atoms. The number of rotatable bonds is 5. The van der Waals surface area contributed by atoms with Gasteiger partial charge in [-0.1, -0.05) is 32.6 Å². The predicted molar refractivity (Wildman–Crippen MR) is 91.4 cm³/mol. The summed E-state index contributed by atoms with van der Waals surface area (Å²) >= 11 is 0. The maximum Gasteiger partial charge on any atom is 0.159 e. The maximum absolute atomic E-state index is 13.3. The van der Waals surface area contributed by atoms with Crippen LogP contribution >= 0.6 is 0 Å². The SMILES string of the molecule is CCC1CCCC(CCc2cnc(-c3ccc(F)c(F)c3)nc2)C1. The molecule has 0 saturated heterocycles. The average Bonchev–Trinajstić information content (AvgIpc) is 2.63. The zero-order valence-corrected chi connectivity index (χ0v) is 14.1. The van der Waals surface area contributed by atoms with Crippen molar-refractivity contribution in [2.24, 2.45) is 11.8 Å². The molecule has 2 nitrogen and oxygen atoms in total. The second kappa shape index (κ2) is 7.82. The van der Waals surface area contributed by atoms with Crippen LogP contribution in [0.3, 0.4) is 0 Å². The summed E-state index contributed by atoms with van der Waals surface area (Å²) < 4.78 is 26.3. The normalized spacial score (nSPS) is 21.0. The van der Waals surface area contributed by atoms with Gasteiger partial charge in [0, 0.05) is 18.0 Å². The quantitative estimate of drug-likeness (QED) is 0.716. The van der Waals surface area contributed by atoms with Gasteiger partial charge in [-0.2, -0.15) is 0 Å². The number of aromatic nitrogens is 2. The van der Waals surface area contributed by atoms with Crippen molar-refractivity contribution in [1.82, 2.24) is 9.97 Å². The van der Waals surface area contributed by atoms with Gasteiger partial charge < -0.3 is 0 Å². The molecule has 1 aliphatic carbocycles. The fraction of sp³-hybridized carbons (Fsp3) is 0.500. The summed E-state index contributed by atoms with van der Waals surface area (Å²) in [6.07, 6.45) is 12.5. The van der Waals surface area contributed by atoms with E-state index in [0.717, 1.165) is 36.0 Å². The zero-order valence-electron chi connectivity index (χ0n) is 14.1. The van der Waals surface area contributed by atoms with E-state index in [1.807, 2.05) is 12.4 Å². The van der Waals surface area contributed by atoms with E-state index >= 15 is 0 Å². The Bertz CT molecular complexity index is 670. The fourth-order valence-corrected chi connectivity index (χ4v) is 3.67. The maximum atomic E-state index is 13.3. The highest BCUT2D eigenvalue weighted by Crippen LogP contribution is 2.33. The molecular formula is C20H24F2N2. The van der Waals surface area contributed by atoms with Crippen LogP contribution in [-0.4, -0.2) is 9.97 Å². The van der Waals surface area contributed by atoms with Gasteiger partial charge in [-0.3, -0.25) is 0 Å². The molecule has 1 saturated carbocycles. The third kappa shape index (κ3) is 4.16. The van der Waals surface area contributed by atoms with Crippen LogP contribution < -0.4 is 0 Å². The Kier molecular flexibility index (Phi) is 5.54. The summed E-state index contributed by atoms with van der Waals surface area (Å²) in [5.74, 6) is 0.419. The van der Waals surface area contributed by atoms with Crippen molar-refractivity contribution in [3.05, 3.63) is 47.8 Å². The molecule has 0 amide bonds. The van der Waals surface area contributed by atoms with Crippen LogP contribution in [-0.2, 0) is 6.42 Å². The van der Waals surface area contributed by atoms with Gasteiger partial charge in [-0.05, 0) is 54.9 Å². The largest absolute Gasteiger partial charge is 0.236 e. The van der Waals surface area contributed by atoms with Crippen LogP contribution in [0, 0.1) is 23.5 Å². The van der Waals surface area contributed by atoms with Crippen molar-refractivity contribution in [3.63, 3.8) is 0 Å². The molecule has 4 heteroatoms. The Morgan fingerprint density at radius 1 is 1.04 bits per heavy atom. The highest BCUT2D eigenvalue weighted by molar-refractivity contribution is 5.54. The summed E-state index contributed by atoms with van der Waals surface area (Å²) in [5, 5.41) is 0. The number of hydrogen-bond acceptors (Lipinski definition) is 2. The lowest BCUT2D eigenvalue weighted by molar-refractivity contribution is 0.250. The Labute approximate surface area is 142 Å². The van der Waals surface area contributed by atoms with Crippen molar-refractivity contribution < 1.29 is 8.78 Å². The number of hydrogen-bond donors (Lipinski definition) is 0. The van der Waals surface area contributed by atoms with Gasteiger partial charge >= 0.3 is 0 Å². The predicted octanol–water partition coefficient (Wildman–Crippen LogP) is 5.57. The van der Waals surface area contributed by atoms with Crippen molar-refractivity contribution in [1.29, 1.82) is 0 Å². The van der Waals surface area contributed by atoms with E-state index in [9.17, 15) is 8.78 Å². The number of nitrogens with zero attached hydrogens (tertiary/aromatic N) is 2. The summed E-state index contributed by atoms with van der Waals surface area (Å²) in [4.78, 5) is 8.63. The second-order valence-corrected chi connectivity index (χ2v) is 6.89. The van der Waals surface area contributed by atoms with E-state index in [1.54, 1.807) is 0 Å². The topological polar surface area (TPSA) is 25.8 Å². The molecule has 128 valence electrons. The van der Waals surface area contributed by atoms with Gasteiger partial charge in [-0.15, -0.1) is 0 Å². The molecule has 0 spiro atoms. The third-order valence-corrected chi connectivity index (χ3v) is 5.19. The summed E-state index contributed by atoms with van der Waals surface area (Å²) in [6.45, 7) is 2.29. The van der Waals surface area contributed by atoms with E-state index in [-0.39, 0.29) is 0 Å². The van der Waals surface area contributed by atoms with E-state index < -0.39 is 11.6 Å². The fourth-order valence-electron chi connectivity index (χ4n) is 3.67. The first-order valence-electron chi connectivity index (χ1n) is 8.92. The monoisotopic (exact) mass is 330 g/mol. The molecule has 1 aromatic heterocycles. The van der Waals surface area contributed by atoms with Crippen LogP contribution in [0.2, 0.25) is 0 Å². The number of halogens is 2. The summed E-state index contributed by atoms with van der Waals surface area (Å²) in [7, 11) is 0.